The van der Waals surface area contributed by atoms with Crippen molar-refractivity contribution in [2.45, 2.75) is 44.4 Å². The lowest BCUT2D eigenvalue weighted by atomic mass is 10.0. The number of nitrogens with zero attached hydrogens (tertiary/aromatic N) is 3. The normalized spacial score (nSPS) is 16.5. The first-order valence-corrected chi connectivity index (χ1v) is 9.25. The molecule has 0 spiro atoms. The van der Waals surface area contributed by atoms with E-state index in [1.165, 1.54) is 11.8 Å². The van der Waals surface area contributed by atoms with Crippen LogP contribution < -0.4 is 5.32 Å². The molecule has 23 heavy (non-hydrogen) atoms. The van der Waals surface area contributed by atoms with Crippen molar-refractivity contribution >= 4 is 17.7 Å². The summed E-state index contributed by atoms with van der Waals surface area (Å²) in [4.78, 5) is 18.8. The van der Waals surface area contributed by atoms with Crippen LogP contribution in [-0.2, 0) is 16.1 Å². The maximum Gasteiger partial charge on any atom is 0.230 e. The van der Waals surface area contributed by atoms with E-state index in [1.807, 2.05) is 6.20 Å². The number of aromatic nitrogens is 2. The number of ether oxygens (including phenoxy) is 1. The van der Waals surface area contributed by atoms with Gasteiger partial charge in [0.15, 0.2) is 5.16 Å². The zero-order chi connectivity index (χ0) is 16.7. The van der Waals surface area contributed by atoms with E-state index >= 15 is 0 Å². The Bertz CT molecular complexity index is 498. The third-order valence-electron chi connectivity index (χ3n) is 4.06. The van der Waals surface area contributed by atoms with Crippen LogP contribution in [0.2, 0.25) is 0 Å². The van der Waals surface area contributed by atoms with Crippen LogP contribution in [0.5, 0.6) is 0 Å². The number of imidazole rings is 1. The van der Waals surface area contributed by atoms with E-state index in [4.69, 9.17) is 4.74 Å². The number of amides is 1. The second kappa shape index (κ2) is 8.70. The largest absolute Gasteiger partial charge is 0.379 e. The zero-order valence-electron chi connectivity index (χ0n) is 14.4. The molecule has 6 nitrogen and oxygen atoms in total. The molecule has 1 aliphatic heterocycles. The molecule has 2 rings (SSSR count). The first-order chi connectivity index (χ1) is 11.0. The van der Waals surface area contributed by atoms with Crippen LogP contribution in [0.15, 0.2) is 17.6 Å². The minimum Gasteiger partial charge on any atom is -0.379 e. The van der Waals surface area contributed by atoms with Crippen molar-refractivity contribution in [1.29, 1.82) is 0 Å². The lowest BCUT2D eigenvalue weighted by Crippen LogP contribution is -2.55. The Balaban J connectivity index is 1.75. The van der Waals surface area contributed by atoms with E-state index in [0.717, 1.165) is 44.4 Å². The summed E-state index contributed by atoms with van der Waals surface area (Å²) >= 11 is 1.49. The van der Waals surface area contributed by atoms with Crippen molar-refractivity contribution in [1.82, 2.24) is 19.8 Å². The molecule has 0 atom stereocenters. The Hall–Kier alpha value is -1.05. The number of carbonyl (C=O) groups is 1. The Kier molecular flexibility index (Phi) is 6.92. The molecule has 1 fully saturated rings. The molecule has 1 amide bonds. The van der Waals surface area contributed by atoms with Crippen molar-refractivity contribution < 1.29 is 9.53 Å². The number of thioether (sulfide) groups is 1. The minimum atomic E-state index is -0.0508. The van der Waals surface area contributed by atoms with E-state index in [1.54, 1.807) is 6.20 Å². The number of carbonyl (C=O) groups excluding carboxylic acids is 1. The minimum absolute atomic E-state index is 0.0508. The van der Waals surface area contributed by atoms with Crippen LogP contribution in [-0.4, -0.2) is 64.5 Å². The molecule has 1 aliphatic rings. The lowest BCUT2D eigenvalue weighted by molar-refractivity contribution is -0.119. The molecule has 2 heterocycles. The average molecular weight is 340 g/mol. The van der Waals surface area contributed by atoms with Crippen molar-refractivity contribution in [3.05, 3.63) is 12.4 Å². The Morgan fingerprint density at radius 2 is 2.17 bits per heavy atom. The van der Waals surface area contributed by atoms with Crippen molar-refractivity contribution in [2.24, 2.45) is 0 Å². The predicted molar refractivity (Wildman–Crippen MR) is 92.7 cm³/mol. The van der Waals surface area contributed by atoms with Crippen LogP contribution >= 0.6 is 11.8 Å². The summed E-state index contributed by atoms with van der Waals surface area (Å²) in [5.41, 5.74) is -0.0508. The zero-order valence-corrected chi connectivity index (χ0v) is 15.2. The Morgan fingerprint density at radius 1 is 1.43 bits per heavy atom. The van der Waals surface area contributed by atoms with Crippen molar-refractivity contribution in [3.8, 4) is 0 Å². The average Bonchev–Trinajstić information content (AvgIpc) is 2.99. The number of aryl methyl sites for hydroxylation is 1. The van der Waals surface area contributed by atoms with Crippen molar-refractivity contribution in [2.75, 3.05) is 38.6 Å². The number of nitrogens with one attached hydrogen (secondary N) is 1. The molecule has 0 unspecified atom stereocenters. The quantitative estimate of drug-likeness (QED) is 0.729. The van der Waals surface area contributed by atoms with Crippen molar-refractivity contribution in [3.63, 3.8) is 0 Å². The van der Waals surface area contributed by atoms with Crippen LogP contribution in [0.1, 0.15) is 27.2 Å². The smallest absolute Gasteiger partial charge is 0.230 e. The Labute approximate surface area is 143 Å². The van der Waals surface area contributed by atoms with Gasteiger partial charge in [-0.15, -0.1) is 0 Å². The van der Waals surface area contributed by atoms with Gasteiger partial charge in [0.05, 0.1) is 19.0 Å². The lowest BCUT2D eigenvalue weighted by Gasteiger charge is -2.40. The summed E-state index contributed by atoms with van der Waals surface area (Å²) in [5, 5.41) is 3.97. The summed E-state index contributed by atoms with van der Waals surface area (Å²) in [6.07, 6.45) is 4.81. The van der Waals surface area contributed by atoms with Gasteiger partial charge in [-0.2, -0.15) is 0 Å². The summed E-state index contributed by atoms with van der Waals surface area (Å²) in [6.45, 7) is 11.4. The van der Waals surface area contributed by atoms with Gasteiger partial charge in [0.2, 0.25) is 5.91 Å². The van der Waals surface area contributed by atoms with Gasteiger partial charge in [0.1, 0.15) is 0 Å². The third kappa shape index (κ3) is 5.51. The third-order valence-corrected chi connectivity index (χ3v) is 5.06. The predicted octanol–water partition coefficient (Wildman–Crippen LogP) is 1.61. The molecule has 0 aliphatic carbocycles. The van der Waals surface area contributed by atoms with E-state index in [9.17, 15) is 4.79 Å². The molecular weight excluding hydrogens is 312 g/mol. The number of hydrogen-bond acceptors (Lipinski definition) is 5. The highest BCUT2D eigenvalue weighted by atomic mass is 32.2. The van der Waals surface area contributed by atoms with Gasteiger partial charge >= 0.3 is 0 Å². The first kappa shape index (κ1) is 18.3. The van der Waals surface area contributed by atoms with Gasteiger partial charge in [0, 0.05) is 44.1 Å². The molecule has 1 saturated heterocycles. The monoisotopic (exact) mass is 340 g/mol. The molecule has 130 valence electrons. The van der Waals surface area contributed by atoms with Crippen LogP contribution in [0.4, 0.5) is 0 Å². The van der Waals surface area contributed by atoms with E-state index in [-0.39, 0.29) is 11.4 Å². The topological polar surface area (TPSA) is 59.4 Å². The number of rotatable bonds is 8. The highest BCUT2D eigenvalue weighted by Gasteiger charge is 2.28. The second-order valence-electron chi connectivity index (χ2n) is 6.38. The molecular formula is C16H28N4O2S. The summed E-state index contributed by atoms with van der Waals surface area (Å²) in [7, 11) is 0. The number of morpholine rings is 1. The van der Waals surface area contributed by atoms with Gasteiger partial charge in [-0.05, 0) is 20.3 Å². The summed E-state index contributed by atoms with van der Waals surface area (Å²) < 4.78 is 7.48. The highest BCUT2D eigenvalue weighted by molar-refractivity contribution is 7.99. The van der Waals surface area contributed by atoms with Gasteiger partial charge in [-0.25, -0.2) is 4.98 Å². The van der Waals surface area contributed by atoms with Gasteiger partial charge in [0.25, 0.3) is 0 Å². The number of hydrogen-bond donors (Lipinski definition) is 1. The van der Waals surface area contributed by atoms with Gasteiger partial charge < -0.3 is 14.6 Å². The van der Waals surface area contributed by atoms with E-state index < -0.39 is 0 Å². The SMILES string of the molecule is CCCn1ccnc1SCC(=O)NCC(C)(C)N1CCOCC1. The Morgan fingerprint density at radius 3 is 2.87 bits per heavy atom. The van der Waals surface area contributed by atoms with Gasteiger partial charge in [-0.1, -0.05) is 18.7 Å². The van der Waals surface area contributed by atoms with E-state index in [2.05, 4.69) is 40.5 Å². The van der Waals surface area contributed by atoms with Crippen LogP contribution in [0.3, 0.4) is 0 Å². The second-order valence-corrected chi connectivity index (χ2v) is 7.32. The molecule has 0 radical (unpaired) electrons. The standard InChI is InChI=1S/C16H28N4O2S/c1-4-6-19-7-5-17-15(19)23-12-14(21)18-13-16(2,3)20-8-10-22-11-9-20/h5,7H,4,6,8-13H2,1-3H3,(H,18,21). The molecule has 1 aromatic heterocycles. The fraction of sp³-hybridized carbons (Fsp3) is 0.750. The van der Waals surface area contributed by atoms with Gasteiger partial charge in [-0.3, -0.25) is 9.69 Å². The fourth-order valence-electron chi connectivity index (χ4n) is 2.62. The molecule has 0 aromatic carbocycles. The highest BCUT2D eigenvalue weighted by Crippen LogP contribution is 2.17. The first-order valence-electron chi connectivity index (χ1n) is 8.26. The van der Waals surface area contributed by atoms with E-state index in [0.29, 0.717) is 12.3 Å². The maximum absolute atomic E-state index is 12.1. The maximum atomic E-state index is 12.1. The molecule has 0 bridgehead atoms. The van der Waals surface area contributed by atoms with Crippen LogP contribution in [0.25, 0.3) is 0 Å². The molecule has 0 saturated carbocycles. The van der Waals surface area contributed by atoms with Crippen LogP contribution in [0, 0.1) is 0 Å². The molecule has 1 aromatic rings. The summed E-state index contributed by atoms with van der Waals surface area (Å²) in [5.74, 6) is 0.460. The summed E-state index contributed by atoms with van der Waals surface area (Å²) in [6, 6.07) is 0. The molecule has 7 heteroatoms. The fourth-order valence-corrected chi connectivity index (χ4v) is 3.44. The molecule has 1 N–H and O–H groups in total.